The predicted molar refractivity (Wildman–Crippen MR) is 124 cm³/mol. The Morgan fingerprint density at radius 2 is 1.64 bits per heavy atom. The average molecular weight is 439 g/mol. The Bertz CT molecular complexity index is 1450. The largest absolute Gasteiger partial charge is 0.364 e. The fourth-order valence-corrected chi connectivity index (χ4v) is 3.61. The van der Waals surface area contributed by atoms with Gasteiger partial charge in [0.05, 0.1) is 17.8 Å². The van der Waals surface area contributed by atoms with E-state index >= 15 is 0 Å². The van der Waals surface area contributed by atoms with E-state index in [4.69, 9.17) is 9.97 Å². The highest BCUT2D eigenvalue weighted by Crippen LogP contribution is 2.30. The summed E-state index contributed by atoms with van der Waals surface area (Å²) in [6, 6.07) is 19.0. The smallest absolute Gasteiger partial charge is 0.163 e. The number of hydrogen-bond acceptors (Lipinski definition) is 5. The van der Waals surface area contributed by atoms with Crippen molar-refractivity contribution < 1.29 is 8.78 Å². The molecule has 162 valence electrons. The number of hydrogen-bond donors (Lipinski definition) is 1. The third-order valence-corrected chi connectivity index (χ3v) is 5.25. The lowest BCUT2D eigenvalue weighted by Gasteiger charge is -2.12. The van der Waals surface area contributed by atoms with Crippen LogP contribution in [0.25, 0.3) is 33.4 Å². The van der Waals surface area contributed by atoms with Crippen LogP contribution in [0, 0.1) is 18.6 Å². The van der Waals surface area contributed by atoms with Crippen LogP contribution in [0.15, 0.2) is 79.1 Å². The Kier molecular flexibility index (Phi) is 5.44. The lowest BCUT2D eigenvalue weighted by atomic mass is 10.0. The molecule has 0 aliphatic rings. The van der Waals surface area contributed by atoms with Crippen LogP contribution in [0.5, 0.6) is 0 Å². The molecule has 0 aliphatic carbocycles. The van der Waals surface area contributed by atoms with E-state index in [1.807, 2.05) is 55.5 Å². The summed E-state index contributed by atoms with van der Waals surface area (Å²) in [4.78, 5) is 18.2. The minimum atomic E-state index is -0.889. The quantitative estimate of drug-likeness (QED) is 0.366. The van der Waals surface area contributed by atoms with Crippen LogP contribution < -0.4 is 5.32 Å². The van der Waals surface area contributed by atoms with Gasteiger partial charge in [-0.3, -0.25) is 9.97 Å². The molecule has 1 N–H and O–H groups in total. The maximum Gasteiger partial charge on any atom is 0.163 e. The van der Waals surface area contributed by atoms with Gasteiger partial charge in [0.1, 0.15) is 5.82 Å². The van der Waals surface area contributed by atoms with Crippen molar-refractivity contribution in [3.63, 3.8) is 0 Å². The minimum Gasteiger partial charge on any atom is -0.364 e. The van der Waals surface area contributed by atoms with Crippen molar-refractivity contribution in [3.05, 3.63) is 102 Å². The molecule has 33 heavy (non-hydrogen) atoms. The molecule has 0 fully saturated rings. The van der Waals surface area contributed by atoms with Gasteiger partial charge in [0.25, 0.3) is 0 Å². The topological polar surface area (TPSA) is 63.6 Å². The molecule has 0 spiro atoms. The Morgan fingerprint density at radius 1 is 0.788 bits per heavy atom. The molecule has 3 aromatic heterocycles. The number of anilines is 1. The van der Waals surface area contributed by atoms with Crippen LogP contribution in [0.1, 0.15) is 11.4 Å². The van der Waals surface area contributed by atoms with Gasteiger partial charge in [-0.25, -0.2) is 18.7 Å². The second kappa shape index (κ2) is 8.70. The van der Waals surface area contributed by atoms with Crippen LogP contribution >= 0.6 is 0 Å². The summed E-state index contributed by atoms with van der Waals surface area (Å²) in [7, 11) is 0. The fraction of sp³-hybridized carbons (Fsp3) is 0.0769. The van der Waals surface area contributed by atoms with Crippen LogP contribution in [-0.4, -0.2) is 19.9 Å². The summed E-state index contributed by atoms with van der Waals surface area (Å²) in [6.45, 7) is 2.41. The zero-order valence-corrected chi connectivity index (χ0v) is 17.8. The van der Waals surface area contributed by atoms with E-state index < -0.39 is 11.6 Å². The average Bonchev–Trinajstić information content (AvgIpc) is 2.84. The van der Waals surface area contributed by atoms with Crippen LogP contribution in [0.4, 0.5) is 14.6 Å². The van der Waals surface area contributed by atoms with Gasteiger partial charge >= 0.3 is 0 Å². The number of aromatic nitrogens is 4. The molecular weight excluding hydrogens is 420 g/mol. The van der Waals surface area contributed by atoms with Crippen molar-refractivity contribution in [2.24, 2.45) is 0 Å². The SMILES string of the molecule is Cc1cccc(CNc2nc(-c3cccnc3)nc3ccc(-c4ccc(F)c(F)c4)cc23)n1. The molecule has 7 heteroatoms. The van der Waals surface area contributed by atoms with Crippen molar-refractivity contribution in [2.45, 2.75) is 13.5 Å². The van der Waals surface area contributed by atoms with Gasteiger partial charge in [-0.05, 0) is 66.6 Å². The van der Waals surface area contributed by atoms with Gasteiger partial charge in [0, 0.05) is 29.0 Å². The lowest BCUT2D eigenvalue weighted by Crippen LogP contribution is -2.06. The summed E-state index contributed by atoms with van der Waals surface area (Å²) in [5.41, 5.74) is 4.62. The molecule has 3 heterocycles. The Morgan fingerprint density at radius 3 is 2.42 bits per heavy atom. The zero-order chi connectivity index (χ0) is 22.8. The molecule has 0 saturated carbocycles. The molecule has 5 rings (SSSR count). The van der Waals surface area contributed by atoms with Gasteiger partial charge in [0.2, 0.25) is 0 Å². The van der Waals surface area contributed by atoms with Crippen LogP contribution in [-0.2, 0) is 6.54 Å². The van der Waals surface area contributed by atoms with E-state index in [9.17, 15) is 8.78 Å². The van der Waals surface area contributed by atoms with E-state index in [2.05, 4.69) is 15.3 Å². The number of benzene rings is 2. The first kappa shape index (κ1) is 20.6. The molecule has 0 atom stereocenters. The zero-order valence-electron chi connectivity index (χ0n) is 17.8. The molecule has 0 saturated heterocycles. The summed E-state index contributed by atoms with van der Waals surface area (Å²) in [5.74, 6) is -0.612. The number of aryl methyl sites for hydroxylation is 1. The highest BCUT2D eigenvalue weighted by molar-refractivity contribution is 5.94. The monoisotopic (exact) mass is 439 g/mol. The molecule has 5 aromatic rings. The molecule has 0 amide bonds. The molecule has 0 radical (unpaired) electrons. The summed E-state index contributed by atoms with van der Waals surface area (Å²) in [6.07, 6.45) is 3.41. The summed E-state index contributed by atoms with van der Waals surface area (Å²) >= 11 is 0. The molecule has 0 unspecified atom stereocenters. The van der Waals surface area contributed by atoms with Gasteiger partial charge in [-0.1, -0.05) is 18.2 Å². The van der Waals surface area contributed by atoms with Gasteiger partial charge in [-0.2, -0.15) is 0 Å². The number of pyridine rings is 2. The molecule has 2 aromatic carbocycles. The standard InChI is InChI=1S/C26H19F2N5/c1-16-4-2-6-20(31-16)15-30-26-21-12-17(18-7-9-22(27)23(28)13-18)8-10-24(21)32-25(33-26)19-5-3-11-29-14-19/h2-14H,15H2,1H3,(H,30,32,33). The number of nitrogens with one attached hydrogen (secondary N) is 1. The second-order valence-corrected chi connectivity index (χ2v) is 7.62. The van der Waals surface area contributed by atoms with E-state index in [0.717, 1.165) is 39.5 Å². The van der Waals surface area contributed by atoms with Gasteiger partial charge in [0.15, 0.2) is 17.5 Å². The Balaban J connectivity index is 1.61. The van der Waals surface area contributed by atoms with Crippen molar-refractivity contribution >= 4 is 16.7 Å². The second-order valence-electron chi connectivity index (χ2n) is 7.62. The molecule has 5 nitrogen and oxygen atoms in total. The van der Waals surface area contributed by atoms with Gasteiger partial charge < -0.3 is 5.32 Å². The normalized spacial score (nSPS) is 11.0. The highest BCUT2D eigenvalue weighted by Gasteiger charge is 2.12. The Hall–Kier alpha value is -4.26. The van der Waals surface area contributed by atoms with Crippen LogP contribution in [0.2, 0.25) is 0 Å². The van der Waals surface area contributed by atoms with E-state index in [1.54, 1.807) is 18.5 Å². The van der Waals surface area contributed by atoms with E-state index in [1.165, 1.54) is 6.07 Å². The number of fused-ring (bicyclic) bond motifs is 1. The number of nitrogens with zero attached hydrogens (tertiary/aromatic N) is 4. The fourth-order valence-electron chi connectivity index (χ4n) is 3.61. The van der Waals surface area contributed by atoms with Crippen LogP contribution in [0.3, 0.4) is 0 Å². The third kappa shape index (κ3) is 4.39. The first-order chi connectivity index (χ1) is 16.1. The number of halogens is 2. The minimum absolute atomic E-state index is 0.468. The maximum absolute atomic E-state index is 13.8. The van der Waals surface area contributed by atoms with Crippen molar-refractivity contribution in [1.82, 2.24) is 19.9 Å². The lowest BCUT2D eigenvalue weighted by molar-refractivity contribution is 0.509. The molecule has 0 aliphatic heterocycles. The van der Waals surface area contributed by atoms with Crippen molar-refractivity contribution in [3.8, 4) is 22.5 Å². The predicted octanol–water partition coefficient (Wildman–Crippen LogP) is 5.95. The maximum atomic E-state index is 13.8. The first-order valence-corrected chi connectivity index (χ1v) is 10.4. The Labute approximate surface area is 189 Å². The first-order valence-electron chi connectivity index (χ1n) is 10.4. The molecular formula is C26H19F2N5. The van der Waals surface area contributed by atoms with E-state index in [-0.39, 0.29) is 0 Å². The summed E-state index contributed by atoms with van der Waals surface area (Å²) in [5, 5.41) is 4.13. The van der Waals surface area contributed by atoms with Crippen molar-refractivity contribution in [1.29, 1.82) is 0 Å². The summed E-state index contributed by atoms with van der Waals surface area (Å²) < 4.78 is 27.2. The van der Waals surface area contributed by atoms with E-state index in [0.29, 0.717) is 23.8 Å². The number of rotatable bonds is 5. The van der Waals surface area contributed by atoms with Gasteiger partial charge in [-0.15, -0.1) is 0 Å². The van der Waals surface area contributed by atoms with Crippen molar-refractivity contribution in [2.75, 3.05) is 5.32 Å². The highest BCUT2D eigenvalue weighted by atomic mass is 19.2. The molecule has 0 bridgehead atoms. The third-order valence-electron chi connectivity index (χ3n) is 5.25.